The van der Waals surface area contributed by atoms with Crippen LogP contribution in [0.15, 0.2) is 52.9 Å². The quantitative estimate of drug-likeness (QED) is 0.441. The Morgan fingerprint density at radius 2 is 1.59 bits per heavy atom. The van der Waals surface area contributed by atoms with E-state index in [1.807, 2.05) is 12.1 Å². The highest BCUT2D eigenvalue weighted by Crippen LogP contribution is 2.15. The second-order valence-corrected chi connectivity index (χ2v) is 7.78. The van der Waals surface area contributed by atoms with Crippen LogP contribution >= 0.6 is 23.2 Å². The largest absolute Gasteiger partial charge is 0.466 e. The van der Waals surface area contributed by atoms with Crippen LogP contribution in [0.3, 0.4) is 0 Å². The third-order valence-corrected chi connectivity index (χ3v) is 4.87. The molecule has 2 N–H and O–H groups in total. The first-order valence-electron chi connectivity index (χ1n) is 9.95. The Balaban J connectivity index is 1.68. The van der Waals surface area contributed by atoms with Crippen molar-refractivity contribution in [3.8, 4) is 0 Å². The van der Waals surface area contributed by atoms with Crippen molar-refractivity contribution in [1.29, 1.82) is 0 Å². The smallest absolute Gasteiger partial charge is 0.319 e. The maximum absolute atomic E-state index is 12.6. The van der Waals surface area contributed by atoms with Gasteiger partial charge in [0, 0.05) is 28.2 Å². The first-order chi connectivity index (χ1) is 15.4. The first kappa shape index (κ1) is 23.6. The number of hydrogen-bond donors (Lipinski definition) is 2. The van der Waals surface area contributed by atoms with Crippen LogP contribution in [-0.4, -0.2) is 34.8 Å². The Hall–Kier alpha value is -3.10. The number of hydrogen-bond acceptors (Lipinski definition) is 6. The Kier molecular flexibility index (Phi) is 8.47. The van der Waals surface area contributed by atoms with Crippen molar-refractivity contribution >= 4 is 40.9 Å². The van der Waals surface area contributed by atoms with Crippen LogP contribution in [0.2, 0.25) is 10.0 Å². The number of aromatic nitrogens is 2. The van der Waals surface area contributed by atoms with Crippen LogP contribution in [0, 0.1) is 0 Å². The number of anilines is 1. The number of rotatable bonds is 9. The predicted molar refractivity (Wildman–Crippen MR) is 121 cm³/mol. The van der Waals surface area contributed by atoms with Gasteiger partial charge in [-0.1, -0.05) is 35.3 Å². The molecule has 0 unspecified atom stereocenters. The summed E-state index contributed by atoms with van der Waals surface area (Å²) < 4.78 is 10.5. The van der Waals surface area contributed by atoms with Gasteiger partial charge in [0.1, 0.15) is 6.42 Å². The third-order valence-electron chi connectivity index (χ3n) is 4.36. The standard InChI is InChI=1S/C22H22Cl2N4O4/c1-2-31-21(29)13-20-28-27-19(32-20)12-18(11-14-3-5-15(23)6-4-14)26-22(30)25-17-9-7-16(24)8-10-17/h3-10,18H,2,11-13H2,1H3,(H2,25,26,30)/t18-/m0/s1. The molecule has 1 heterocycles. The van der Waals surface area contributed by atoms with E-state index in [0.29, 0.717) is 28.0 Å². The fourth-order valence-electron chi connectivity index (χ4n) is 2.95. The Labute approximate surface area is 195 Å². The van der Waals surface area contributed by atoms with E-state index in [2.05, 4.69) is 20.8 Å². The fourth-order valence-corrected chi connectivity index (χ4v) is 3.21. The van der Waals surface area contributed by atoms with Gasteiger partial charge >= 0.3 is 12.0 Å². The molecule has 8 nitrogen and oxygen atoms in total. The number of carbonyl (C=O) groups excluding carboxylic acids is 2. The van der Waals surface area contributed by atoms with Gasteiger partial charge in [-0.05, 0) is 55.3 Å². The maximum atomic E-state index is 12.6. The van der Waals surface area contributed by atoms with Gasteiger partial charge in [-0.3, -0.25) is 4.79 Å². The SMILES string of the molecule is CCOC(=O)Cc1nnc(C[C@H](Cc2ccc(Cl)cc2)NC(=O)Nc2ccc(Cl)cc2)o1. The van der Waals surface area contributed by atoms with Crippen molar-refractivity contribution in [3.63, 3.8) is 0 Å². The van der Waals surface area contributed by atoms with Gasteiger partial charge < -0.3 is 19.8 Å². The predicted octanol–water partition coefficient (Wildman–Crippen LogP) is 4.46. The highest BCUT2D eigenvalue weighted by atomic mass is 35.5. The molecule has 0 spiro atoms. The summed E-state index contributed by atoms with van der Waals surface area (Å²) in [4.78, 5) is 24.2. The van der Waals surface area contributed by atoms with E-state index in [1.54, 1.807) is 43.3 Å². The Morgan fingerprint density at radius 1 is 0.969 bits per heavy atom. The Bertz CT molecular complexity index is 1040. The van der Waals surface area contributed by atoms with Crippen LogP contribution in [0.4, 0.5) is 10.5 Å². The molecule has 2 amide bonds. The third kappa shape index (κ3) is 7.55. The zero-order valence-corrected chi connectivity index (χ0v) is 18.8. The molecule has 0 fully saturated rings. The molecule has 1 aromatic heterocycles. The van der Waals surface area contributed by atoms with E-state index in [4.69, 9.17) is 32.4 Å². The van der Waals surface area contributed by atoms with Crippen molar-refractivity contribution < 1.29 is 18.7 Å². The zero-order chi connectivity index (χ0) is 22.9. The Morgan fingerprint density at radius 3 is 2.25 bits per heavy atom. The summed E-state index contributed by atoms with van der Waals surface area (Å²) in [5.74, 6) is 0.0187. The van der Waals surface area contributed by atoms with Crippen molar-refractivity contribution in [2.75, 3.05) is 11.9 Å². The number of amides is 2. The van der Waals surface area contributed by atoms with E-state index in [-0.39, 0.29) is 31.4 Å². The van der Waals surface area contributed by atoms with Crippen LogP contribution in [0.5, 0.6) is 0 Å². The summed E-state index contributed by atoms with van der Waals surface area (Å²) in [7, 11) is 0. The molecule has 0 aliphatic rings. The fraction of sp³-hybridized carbons (Fsp3) is 0.273. The summed E-state index contributed by atoms with van der Waals surface area (Å²) in [5.41, 5.74) is 1.57. The van der Waals surface area contributed by atoms with Crippen LogP contribution < -0.4 is 10.6 Å². The average Bonchev–Trinajstić information content (AvgIpc) is 3.18. The zero-order valence-electron chi connectivity index (χ0n) is 17.3. The highest BCUT2D eigenvalue weighted by molar-refractivity contribution is 6.30. The lowest BCUT2D eigenvalue weighted by Gasteiger charge is -2.18. The molecule has 32 heavy (non-hydrogen) atoms. The number of benzene rings is 2. The molecule has 0 radical (unpaired) electrons. The van der Waals surface area contributed by atoms with Crippen molar-refractivity contribution in [2.45, 2.75) is 32.2 Å². The number of carbonyl (C=O) groups is 2. The number of nitrogens with zero attached hydrogens (tertiary/aromatic N) is 2. The molecule has 3 aromatic rings. The van der Waals surface area contributed by atoms with Crippen LogP contribution in [0.25, 0.3) is 0 Å². The minimum absolute atomic E-state index is 0.104. The van der Waals surface area contributed by atoms with E-state index >= 15 is 0 Å². The molecule has 0 aliphatic carbocycles. The lowest BCUT2D eigenvalue weighted by atomic mass is 10.0. The minimum Gasteiger partial charge on any atom is -0.466 e. The number of ether oxygens (including phenoxy) is 1. The molecule has 1 atom stereocenters. The summed E-state index contributed by atoms with van der Waals surface area (Å²) in [6, 6.07) is 13.4. The monoisotopic (exact) mass is 476 g/mol. The normalized spacial score (nSPS) is 11.6. The number of urea groups is 1. The first-order valence-corrected chi connectivity index (χ1v) is 10.7. The maximum Gasteiger partial charge on any atom is 0.319 e. The molecule has 0 bridgehead atoms. The van der Waals surface area contributed by atoms with Crippen LogP contribution in [0.1, 0.15) is 24.3 Å². The van der Waals surface area contributed by atoms with Gasteiger partial charge in [-0.15, -0.1) is 10.2 Å². The molecule has 0 saturated carbocycles. The summed E-state index contributed by atoms with van der Waals surface area (Å²) >= 11 is 11.9. The second-order valence-electron chi connectivity index (χ2n) is 6.91. The molecule has 2 aromatic carbocycles. The molecule has 0 saturated heterocycles. The lowest BCUT2D eigenvalue weighted by molar-refractivity contribution is -0.142. The molecular weight excluding hydrogens is 455 g/mol. The van der Waals surface area contributed by atoms with E-state index in [9.17, 15) is 9.59 Å². The molecule has 10 heteroatoms. The lowest BCUT2D eigenvalue weighted by Crippen LogP contribution is -2.40. The van der Waals surface area contributed by atoms with Gasteiger partial charge in [0.25, 0.3) is 0 Å². The average molecular weight is 477 g/mol. The topological polar surface area (TPSA) is 106 Å². The van der Waals surface area contributed by atoms with E-state index in [1.165, 1.54) is 0 Å². The molecule has 3 rings (SSSR count). The van der Waals surface area contributed by atoms with Gasteiger partial charge in [0.05, 0.1) is 6.61 Å². The number of nitrogens with one attached hydrogen (secondary N) is 2. The molecule has 168 valence electrons. The van der Waals surface area contributed by atoms with Crippen LogP contribution in [-0.2, 0) is 28.8 Å². The minimum atomic E-state index is -0.444. The van der Waals surface area contributed by atoms with Gasteiger partial charge in [0.15, 0.2) is 0 Å². The molecule has 0 aliphatic heterocycles. The van der Waals surface area contributed by atoms with Crippen molar-refractivity contribution in [3.05, 3.63) is 75.9 Å². The second kappa shape index (κ2) is 11.5. The summed E-state index contributed by atoms with van der Waals surface area (Å²) in [5, 5.41) is 14.8. The van der Waals surface area contributed by atoms with E-state index in [0.717, 1.165) is 5.56 Å². The van der Waals surface area contributed by atoms with Crippen molar-refractivity contribution in [1.82, 2.24) is 15.5 Å². The van der Waals surface area contributed by atoms with E-state index < -0.39 is 12.0 Å². The summed E-state index contributed by atoms with van der Waals surface area (Å²) in [6.45, 7) is 1.99. The van der Waals surface area contributed by atoms with Gasteiger partial charge in [0.2, 0.25) is 11.8 Å². The number of halogens is 2. The van der Waals surface area contributed by atoms with Gasteiger partial charge in [-0.25, -0.2) is 4.79 Å². The number of esters is 1. The highest BCUT2D eigenvalue weighted by Gasteiger charge is 2.19. The molecular formula is C22H22Cl2N4O4. The summed E-state index contributed by atoms with van der Waals surface area (Å²) in [6.07, 6.45) is 0.667. The van der Waals surface area contributed by atoms with Gasteiger partial charge in [-0.2, -0.15) is 0 Å². The van der Waals surface area contributed by atoms with Crippen molar-refractivity contribution in [2.24, 2.45) is 0 Å².